The van der Waals surface area contributed by atoms with Crippen molar-refractivity contribution in [2.24, 2.45) is 5.92 Å². The minimum absolute atomic E-state index is 0.179. The van der Waals surface area contributed by atoms with Gasteiger partial charge in [-0.3, -0.25) is 9.78 Å². The second-order valence-corrected chi connectivity index (χ2v) is 7.26. The number of nitrogens with zero attached hydrogens (tertiary/aromatic N) is 2. The molecule has 1 atom stereocenters. The number of aromatic nitrogens is 2. The summed E-state index contributed by atoms with van der Waals surface area (Å²) in [6, 6.07) is 9.71. The Hall–Kier alpha value is -2.51. The van der Waals surface area contributed by atoms with Crippen molar-refractivity contribution in [1.29, 1.82) is 0 Å². The molecule has 7 heteroatoms. The minimum atomic E-state index is -0.298. The summed E-state index contributed by atoms with van der Waals surface area (Å²) in [6.45, 7) is 0. The molecule has 0 spiro atoms. The number of nitrogen functional groups attached to an aromatic ring is 1. The predicted molar refractivity (Wildman–Crippen MR) is 97.2 cm³/mol. The van der Waals surface area contributed by atoms with E-state index in [1.54, 1.807) is 11.6 Å². The molecule has 1 aliphatic carbocycles. The summed E-state index contributed by atoms with van der Waals surface area (Å²) >= 11 is 1.24. The van der Waals surface area contributed by atoms with Crippen molar-refractivity contribution in [2.45, 2.75) is 25.0 Å². The number of aliphatic hydroxyl groups is 1. The molecule has 1 amide bonds. The zero-order valence-electron chi connectivity index (χ0n) is 13.4. The molecule has 1 aromatic carbocycles. The highest BCUT2D eigenvalue weighted by Crippen LogP contribution is 2.38. The first kappa shape index (κ1) is 16.0. The molecule has 25 heavy (non-hydrogen) atoms. The number of para-hydroxylation sites is 1. The molecule has 0 unspecified atom stereocenters. The number of rotatable bonds is 4. The monoisotopic (exact) mass is 354 g/mol. The average Bonchev–Trinajstić information content (AvgIpc) is 3.03. The zero-order valence-corrected chi connectivity index (χ0v) is 14.2. The Balaban J connectivity index is 1.64. The van der Waals surface area contributed by atoms with Crippen LogP contribution in [0.3, 0.4) is 0 Å². The molecule has 0 radical (unpaired) electrons. The summed E-state index contributed by atoms with van der Waals surface area (Å²) in [7, 11) is 0. The van der Waals surface area contributed by atoms with Gasteiger partial charge >= 0.3 is 0 Å². The molecule has 3 aromatic rings. The molecule has 6 nitrogen and oxygen atoms in total. The predicted octanol–water partition coefficient (Wildman–Crippen LogP) is 2.52. The van der Waals surface area contributed by atoms with Crippen LogP contribution in [0.1, 0.15) is 34.9 Å². The molecular formula is C18H18N4O2S. The van der Waals surface area contributed by atoms with Crippen LogP contribution in [0.2, 0.25) is 0 Å². The van der Waals surface area contributed by atoms with E-state index in [2.05, 4.69) is 15.3 Å². The number of amides is 1. The van der Waals surface area contributed by atoms with E-state index in [9.17, 15) is 9.90 Å². The summed E-state index contributed by atoms with van der Waals surface area (Å²) in [5, 5.41) is 15.8. The Kier molecular flexibility index (Phi) is 4.10. The van der Waals surface area contributed by atoms with Gasteiger partial charge in [0.15, 0.2) is 5.13 Å². The van der Waals surface area contributed by atoms with E-state index in [0.717, 1.165) is 16.5 Å². The van der Waals surface area contributed by atoms with E-state index in [0.29, 0.717) is 23.7 Å². The Labute approximate surface area is 148 Å². The summed E-state index contributed by atoms with van der Waals surface area (Å²) < 4.78 is 0. The van der Waals surface area contributed by atoms with Crippen LogP contribution in [-0.2, 0) is 0 Å². The van der Waals surface area contributed by atoms with E-state index in [1.165, 1.54) is 11.3 Å². The van der Waals surface area contributed by atoms with E-state index >= 15 is 0 Å². The van der Waals surface area contributed by atoms with Crippen LogP contribution in [0.5, 0.6) is 0 Å². The smallest absolute Gasteiger partial charge is 0.271 e. The van der Waals surface area contributed by atoms with Gasteiger partial charge < -0.3 is 16.2 Å². The van der Waals surface area contributed by atoms with Gasteiger partial charge in [-0.25, -0.2) is 4.98 Å². The number of anilines is 1. The molecule has 0 saturated heterocycles. The number of benzene rings is 1. The van der Waals surface area contributed by atoms with Gasteiger partial charge in [-0.1, -0.05) is 18.2 Å². The number of hydrogen-bond donors (Lipinski definition) is 3. The Morgan fingerprint density at radius 1 is 1.36 bits per heavy atom. The van der Waals surface area contributed by atoms with Crippen LogP contribution in [0.4, 0.5) is 5.13 Å². The number of pyridine rings is 1. The number of thiazole rings is 1. The average molecular weight is 354 g/mol. The summed E-state index contributed by atoms with van der Waals surface area (Å²) in [6.07, 6.45) is 2.83. The van der Waals surface area contributed by atoms with Crippen molar-refractivity contribution in [3.05, 3.63) is 53.2 Å². The van der Waals surface area contributed by atoms with E-state index in [-0.39, 0.29) is 24.0 Å². The van der Waals surface area contributed by atoms with Gasteiger partial charge in [0.05, 0.1) is 17.7 Å². The number of carbonyl (C=O) groups is 1. The second kappa shape index (κ2) is 6.42. The lowest BCUT2D eigenvalue weighted by Crippen LogP contribution is -2.41. The fourth-order valence-electron chi connectivity index (χ4n) is 3.24. The van der Waals surface area contributed by atoms with E-state index < -0.39 is 0 Å². The van der Waals surface area contributed by atoms with Crippen LogP contribution >= 0.6 is 11.3 Å². The topological polar surface area (TPSA) is 101 Å². The minimum Gasteiger partial charge on any atom is -0.393 e. The van der Waals surface area contributed by atoms with Gasteiger partial charge in [-0.2, -0.15) is 0 Å². The van der Waals surface area contributed by atoms with Gasteiger partial charge in [0.25, 0.3) is 5.91 Å². The van der Waals surface area contributed by atoms with Gasteiger partial charge in [0.1, 0.15) is 5.69 Å². The largest absolute Gasteiger partial charge is 0.393 e. The maximum Gasteiger partial charge on any atom is 0.271 e. The number of hydrogen-bond acceptors (Lipinski definition) is 6. The third kappa shape index (κ3) is 3.20. The van der Waals surface area contributed by atoms with Crippen molar-refractivity contribution in [3.8, 4) is 0 Å². The lowest BCUT2D eigenvalue weighted by atomic mass is 9.75. The number of fused-ring (bicyclic) bond motifs is 1. The quantitative estimate of drug-likeness (QED) is 0.668. The molecule has 4 N–H and O–H groups in total. The molecule has 2 heterocycles. The number of carbonyl (C=O) groups excluding carboxylic acids is 1. The van der Waals surface area contributed by atoms with Crippen molar-refractivity contribution in [2.75, 3.05) is 5.73 Å². The fraction of sp³-hybridized carbons (Fsp3) is 0.278. The molecule has 2 aromatic heterocycles. The summed E-state index contributed by atoms with van der Waals surface area (Å²) in [5.74, 6) is -0.0783. The highest BCUT2D eigenvalue weighted by atomic mass is 32.1. The van der Waals surface area contributed by atoms with Gasteiger partial charge in [-0.15, -0.1) is 11.3 Å². The van der Waals surface area contributed by atoms with Crippen LogP contribution in [0.15, 0.2) is 41.9 Å². The standard InChI is InChI=1S/C18H18N4O2S/c19-18-21-15(9-25-18)17(24)22-16(11-6-13(23)7-11)12-5-10-3-1-2-4-14(10)20-8-12/h1-5,8-9,11,13,16,23H,6-7H2,(H2,19,21)(H,22,24)/t11?,13?,16-/m0/s1. The summed E-state index contributed by atoms with van der Waals surface area (Å²) in [4.78, 5) is 21.1. The molecule has 128 valence electrons. The van der Waals surface area contributed by atoms with Crippen molar-refractivity contribution < 1.29 is 9.90 Å². The number of aliphatic hydroxyl groups excluding tert-OH is 1. The van der Waals surface area contributed by atoms with Crippen LogP contribution in [-0.4, -0.2) is 27.1 Å². The highest BCUT2D eigenvalue weighted by Gasteiger charge is 2.36. The molecule has 4 rings (SSSR count). The Bertz CT molecular complexity index is 920. The van der Waals surface area contributed by atoms with Crippen molar-refractivity contribution >= 4 is 33.3 Å². The van der Waals surface area contributed by atoms with Crippen molar-refractivity contribution in [3.63, 3.8) is 0 Å². The Morgan fingerprint density at radius 2 is 2.16 bits per heavy atom. The SMILES string of the molecule is Nc1nc(C(=O)N[C@H](c2cnc3ccccc3c2)C2CC(O)C2)cs1. The first-order valence-corrected chi connectivity index (χ1v) is 9.03. The van der Waals surface area contributed by atoms with Crippen LogP contribution in [0.25, 0.3) is 10.9 Å². The lowest BCUT2D eigenvalue weighted by Gasteiger charge is -2.38. The molecule has 1 saturated carbocycles. The van der Waals surface area contributed by atoms with Crippen LogP contribution < -0.4 is 11.1 Å². The maximum absolute atomic E-state index is 12.5. The van der Waals surface area contributed by atoms with E-state index in [1.807, 2.05) is 30.3 Å². The second-order valence-electron chi connectivity index (χ2n) is 6.37. The molecule has 1 aliphatic rings. The first-order valence-electron chi connectivity index (χ1n) is 8.15. The zero-order chi connectivity index (χ0) is 17.4. The van der Waals surface area contributed by atoms with Crippen LogP contribution in [0, 0.1) is 5.92 Å². The van der Waals surface area contributed by atoms with Gasteiger partial charge in [-0.05, 0) is 36.5 Å². The number of nitrogens with one attached hydrogen (secondary N) is 1. The van der Waals surface area contributed by atoms with Gasteiger partial charge in [0, 0.05) is 17.0 Å². The lowest BCUT2D eigenvalue weighted by molar-refractivity contribution is 0.0234. The maximum atomic E-state index is 12.5. The number of nitrogens with two attached hydrogens (primary N) is 1. The van der Waals surface area contributed by atoms with Crippen molar-refractivity contribution in [1.82, 2.24) is 15.3 Å². The van der Waals surface area contributed by atoms with Gasteiger partial charge in [0.2, 0.25) is 0 Å². The highest BCUT2D eigenvalue weighted by molar-refractivity contribution is 7.13. The third-order valence-electron chi connectivity index (χ3n) is 4.63. The molecule has 0 bridgehead atoms. The Morgan fingerprint density at radius 3 is 2.88 bits per heavy atom. The molecule has 0 aliphatic heterocycles. The molecule has 1 fully saturated rings. The normalized spacial score (nSPS) is 20.8. The first-order chi connectivity index (χ1) is 12.1. The van der Waals surface area contributed by atoms with E-state index in [4.69, 9.17) is 5.73 Å². The molecular weight excluding hydrogens is 336 g/mol. The third-order valence-corrected chi connectivity index (χ3v) is 5.31. The summed E-state index contributed by atoms with van der Waals surface area (Å²) in [5.41, 5.74) is 7.79. The fourth-order valence-corrected chi connectivity index (χ4v) is 3.78.